The Morgan fingerprint density at radius 3 is 1.94 bits per heavy atom. The lowest BCUT2D eigenvalue weighted by atomic mass is 9.97. The summed E-state index contributed by atoms with van der Waals surface area (Å²) in [6.07, 6.45) is 0.0287. The summed E-state index contributed by atoms with van der Waals surface area (Å²) in [5.41, 5.74) is 0. The fraction of sp³-hybridized carbons (Fsp3) is 0.538. The largest absolute Gasteiger partial charge is 0.283 e. The van der Waals surface area contributed by atoms with E-state index in [1.165, 1.54) is 0 Å². The lowest BCUT2D eigenvalue weighted by Gasteiger charge is -2.23. The average Bonchev–Trinajstić information content (AvgIpc) is 2.25. The molecule has 1 rings (SSSR count). The first-order valence-electron chi connectivity index (χ1n) is 5.66. The molecule has 0 saturated heterocycles. The fourth-order valence-electron chi connectivity index (χ4n) is 1.68. The van der Waals surface area contributed by atoms with Gasteiger partial charge in [0.15, 0.2) is 11.1 Å². The van der Waals surface area contributed by atoms with Crippen molar-refractivity contribution in [3.05, 3.63) is 30.3 Å². The summed E-state index contributed by atoms with van der Waals surface area (Å²) < 4.78 is 17.6. The van der Waals surface area contributed by atoms with E-state index in [0.717, 1.165) is 4.90 Å². The van der Waals surface area contributed by atoms with Crippen LogP contribution < -0.4 is 0 Å². The van der Waals surface area contributed by atoms with Gasteiger partial charge in [0, 0.05) is 0 Å². The molecule has 0 saturated carbocycles. The summed E-state index contributed by atoms with van der Waals surface area (Å²) in [6.45, 7) is 8.36. The van der Waals surface area contributed by atoms with Crippen molar-refractivity contribution in [1.82, 2.24) is 0 Å². The van der Waals surface area contributed by atoms with Gasteiger partial charge in [-0.05, 0) is 24.0 Å². The van der Waals surface area contributed by atoms with E-state index < -0.39 is 11.1 Å². The van der Waals surface area contributed by atoms with Crippen molar-refractivity contribution in [2.75, 3.05) is 0 Å². The molecule has 0 heterocycles. The van der Waals surface area contributed by atoms with Crippen LogP contribution >= 0.6 is 0 Å². The minimum Gasteiger partial charge on any atom is -0.283 e. The SMILES string of the molecule is CC(C)C(O[S@@](=O)c1ccccc1)C(C)C. The van der Waals surface area contributed by atoms with E-state index >= 15 is 0 Å². The van der Waals surface area contributed by atoms with Crippen molar-refractivity contribution in [1.29, 1.82) is 0 Å². The van der Waals surface area contributed by atoms with Gasteiger partial charge in [0.05, 0.1) is 11.0 Å². The van der Waals surface area contributed by atoms with Crippen LogP contribution in [0.2, 0.25) is 0 Å². The zero-order chi connectivity index (χ0) is 12.1. The van der Waals surface area contributed by atoms with Gasteiger partial charge >= 0.3 is 0 Å². The van der Waals surface area contributed by atoms with Crippen LogP contribution in [0.1, 0.15) is 27.7 Å². The number of rotatable bonds is 5. The van der Waals surface area contributed by atoms with Crippen LogP contribution in [0.5, 0.6) is 0 Å². The highest BCUT2D eigenvalue weighted by Gasteiger charge is 2.21. The summed E-state index contributed by atoms with van der Waals surface area (Å²) >= 11 is -1.35. The van der Waals surface area contributed by atoms with Crippen LogP contribution in [-0.2, 0) is 15.3 Å². The Labute approximate surface area is 101 Å². The second-order valence-electron chi connectivity index (χ2n) is 4.60. The molecule has 0 aromatic heterocycles. The van der Waals surface area contributed by atoms with Gasteiger partial charge in [0.25, 0.3) is 0 Å². The maximum atomic E-state index is 12.0. The van der Waals surface area contributed by atoms with Crippen molar-refractivity contribution in [2.45, 2.75) is 38.7 Å². The Kier molecular flexibility index (Phi) is 5.16. The van der Waals surface area contributed by atoms with Crippen molar-refractivity contribution >= 4 is 11.1 Å². The van der Waals surface area contributed by atoms with Gasteiger partial charge in [-0.3, -0.25) is 4.18 Å². The molecule has 1 atom stereocenters. The molecule has 0 spiro atoms. The van der Waals surface area contributed by atoms with Crippen LogP contribution in [0.15, 0.2) is 35.2 Å². The molecule has 2 nitrogen and oxygen atoms in total. The predicted molar refractivity (Wildman–Crippen MR) is 67.4 cm³/mol. The normalized spacial score (nSPS) is 13.7. The third-order valence-electron chi connectivity index (χ3n) is 2.45. The maximum Gasteiger partial charge on any atom is 0.189 e. The van der Waals surface area contributed by atoms with Gasteiger partial charge in [-0.15, -0.1) is 0 Å². The highest BCUT2D eigenvalue weighted by atomic mass is 32.2. The number of benzene rings is 1. The van der Waals surface area contributed by atoms with E-state index in [1.54, 1.807) is 0 Å². The van der Waals surface area contributed by atoms with Gasteiger partial charge in [-0.25, -0.2) is 4.21 Å². The first-order chi connectivity index (χ1) is 7.52. The second-order valence-corrected chi connectivity index (χ2v) is 5.73. The minimum absolute atomic E-state index is 0.0287. The van der Waals surface area contributed by atoms with Crippen molar-refractivity contribution < 1.29 is 8.39 Å². The van der Waals surface area contributed by atoms with E-state index in [4.69, 9.17) is 4.18 Å². The van der Waals surface area contributed by atoms with E-state index in [9.17, 15) is 4.21 Å². The molecule has 0 aliphatic rings. The van der Waals surface area contributed by atoms with Crippen LogP contribution in [0.3, 0.4) is 0 Å². The molecule has 1 aromatic carbocycles. The predicted octanol–water partition coefficient (Wildman–Crippen LogP) is 3.41. The third kappa shape index (κ3) is 3.72. The highest BCUT2D eigenvalue weighted by Crippen LogP contribution is 2.20. The summed E-state index contributed by atoms with van der Waals surface area (Å²) in [5, 5.41) is 0. The molecule has 0 N–H and O–H groups in total. The average molecular weight is 240 g/mol. The van der Waals surface area contributed by atoms with Gasteiger partial charge in [0.1, 0.15) is 0 Å². The number of hydrogen-bond donors (Lipinski definition) is 0. The smallest absolute Gasteiger partial charge is 0.189 e. The molecule has 3 heteroatoms. The first kappa shape index (κ1) is 13.4. The van der Waals surface area contributed by atoms with E-state index in [1.807, 2.05) is 30.3 Å². The lowest BCUT2D eigenvalue weighted by Crippen LogP contribution is -2.26. The van der Waals surface area contributed by atoms with Crippen molar-refractivity contribution in [3.63, 3.8) is 0 Å². The van der Waals surface area contributed by atoms with Crippen LogP contribution in [0.25, 0.3) is 0 Å². The summed E-state index contributed by atoms with van der Waals surface area (Å²) in [6, 6.07) is 9.30. The molecule has 1 aromatic rings. The maximum absolute atomic E-state index is 12.0. The van der Waals surface area contributed by atoms with Crippen LogP contribution in [-0.4, -0.2) is 10.3 Å². The Bertz CT molecular complexity index is 325. The van der Waals surface area contributed by atoms with Crippen molar-refractivity contribution in [3.8, 4) is 0 Å². The zero-order valence-electron chi connectivity index (χ0n) is 10.3. The Morgan fingerprint density at radius 1 is 1.00 bits per heavy atom. The van der Waals surface area contributed by atoms with Crippen LogP contribution in [0.4, 0.5) is 0 Å². The molecular weight excluding hydrogens is 220 g/mol. The molecule has 0 fully saturated rings. The standard InChI is InChI=1S/C13H20O2S/c1-10(2)13(11(3)4)15-16(14)12-8-6-5-7-9-12/h5-11,13H,1-4H3/t16-/m1/s1. The highest BCUT2D eigenvalue weighted by molar-refractivity contribution is 7.80. The molecule has 0 radical (unpaired) electrons. The van der Waals surface area contributed by atoms with Gasteiger partial charge in [-0.2, -0.15) is 0 Å². The van der Waals surface area contributed by atoms with E-state index in [2.05, 4.69) is 27.7 Å². The van der Waals surface area contributed by atoms with E-state index in [-0.39, 0.29) is 6.10 Å². The zero-order valence-corrected chi connectivity index (χ0v) is 11.2. The summed E-state index contributed by atoms with van der Waals surface area (Å²) in [5.74, 6) is 0.736. The molecule has 0 unspecified atom stereocenters. The molecule has 0 aliphatic heterocycles. The lowest BCUT2D eigenvalue weighted by molar-refractivity contribution is 0.121. The fourth-order valence-corrected chi connectivity index (χ4v) is 2.82. The first-order valence-corrected chi connectivity index (χ1v) is 6.73. The molecule has 0 amide bonds. The topological polar surface area (TPSA) is 26.3 Å². The van der Waals surface area contributed by atoms with Crippen LogP contribution in [0, 0.1) is 11.8 Å². The Morgan fingerprint density at radius 2 is 1.50 bits per heavy atom. The molecular formula is C13H20O2S. The molecule has 0 bridgehead atoms. The van der Waals surface area contributed by atoms with Crippen molar-refractivity contribution in [2.24, 2.45) is 11.8 Å². The van der Waals surface area contributed by atoms with Gasteiger partial charge < -0.3 is 0 Å². The van der Waals surface area contributed by atoms with E-state index in [0.29, 0.717) is 11.8 Å². The van der Waals surface area contributed by atoms with Gasteiger partial charge in [-0.1, -0.05) is 45.9 Å². The summed E-state index contributed by atoms with van der Waals surface area (Å²) in [4.78, 5) is 0.730. The number of hydrogen-bond acceptors (Lipinski definition) is 2. The second kappa shape index (κ2) is 6.16. The summed E-state index contributed by atoms with van der Waals surface area (Å²) in [7, 11) is 0. The minimum atomic E-state index is -1.35. The molecule has 0 aliphatic carbocycles. The Balaban J connectivity index is 2.70. The quantitative estimate of drug-likeness (QED) is 0.788. The third-order valence-corrected chi connectivity index (χ3v) is 3.50. The monoisotopic (exact) mass is 240 g/mol. The Hall–Kier alpha value is -0.670. The molecule has 16 heavy (non-hydrogen) atoms. The van der Waals surface area contributed by atoms with Gasteiger partial charge in [0.2, 0.25) is 0 Å². The molecule has 90 valence electrons.